The highest BCUT2D eigenvalue weighted by atomic mass is 19.2. The van der Waals surface area contributed by atoms with Gasteiger partial charge >= 0.3 is 0 Å². The Morgan fingerprint density at radius 2 is 1.73 bits per heavy atom. The minimum absolute atomic E-state index is 0.114. The number of halogens is 2. The second-order valence-corrected chi connectivity index (χ2v) is 9.17. The normalized spacial score (nSPS) is 29.1. The van der Waals surface area contributed by atoms with E-state index in [4.69, 9.17) is 5.10 Å². The topological polar surface area (TPSA) is 15.6 Å². The van der Waals surface area contributed by atoms with E-state index >= 15 is 0 Å². The van der Waals surface area contributed by atoms with Crippen LogP contribution in [0.3, 0.4) is 0 Å². The molecular weight excluding hydrogens is 378 g/mol. The van der Waals surface area contributed by atoms with E-state index in [9.17, 15) is 8.78 Å². The lowest BCUT2D eigenvalue weighted by atomic mass is 9.79. The van der Waals surface area contributed by atoms with E-state index in [1.807, 2.05) is 0 Å². The SMILES string of the molecule is CCC1CCC(CN2N=C(c3ccc(F)c(F)c3)C(C3=CCCC=C3)C2CC)CC1. The molecular formula is C26H34F2N2. The Balaban J connectivity index is 1.62. The van der Waals surface area contributed by atoms with Crippen LogP contribution in [-0.4, -0.2) is 23.3 Å². The number of rotatable bonds is 6. The molecule has 1 heterocycles. The van der Waals surface area contributed by atoms with Gasteiger partial charge in [-0.3, -0.25) is 5.01 Å². The van der Waals surface area contributed by atoms with Gasteiger partial charge in [-0.15, -0.1) is 0 Å². The Bertz CT molecular complexity index is 833. The molecule has 0 saturated heterocycles. The molecule has 0 aromatic heterocycles. The second kappa shape index (κ2) is 9.45. The molecule has 1 aromatic carbocycles. The van der Waals surface area contributed by atoms with Crippen LogP contribution in [0.5, 0.6) is 0 Å². The predicted octanol–water partition coefficient (Wildman–Crippen LogP) is 6.87. The number of hydrazone groups is 1. The third kappa shape index (κ3) is 4.38. The number of allylic oxidation sites excluding steroid dienone is 3. The maximum absolute atomic E-state index is 14.0. The Kier molecular flexibility index (Phi) is 6.70. The minimum atomic E-state index is -0.803. The summed E-state index contributed by atoms with van der Waals surface area (Å²) in [6.45, 7) is 5.48. The Morgan fingerprint density at radius 1 is 0.967 bits per heavy atom. The Morgan fingerprint density at radius 3 is 2.37 bits per heavy atom. The molecule has 0 radical (unpaired) electrons. The summed E-state index contributed by atoms with van der Waals surface area (Å²) in [6.07, 6.45) is 16.3. The molecule has 2 aliphatic carbocycles. The van der Waals surface area contributed by atoms with E-state index in [2.05, 4.69) is 37.1 Å². The molecule has 1 aliphatic heterocycles. The maximum atomic E-state index is 14.0. The molecule has 2 atom stereocenters. The van der Waals surface area contributed by atoms with Crippen LogP contribution in [0.25, 0.3) is 0 Å². The monoisotopic (exact) mass is 412 g/mol. The smallest absolute Gasteiger partial charge is 0.159 e. The van der Waals surface area contributed by atoms with Gasteiger partial charge in [-0.1, -0.05) is 51.3 Å². The van der Waals surface area contributed by atoms with Gasteiger partial charge in [-0.25, -0.2) is 8.78 Å². The molecule has 3 aliphatic rings. The fourth-order valence-corrected chi connectivity index (χ4v) is 5.48. The quantitative estimate of drug-likeness (QED) is 0.498. The van der Waals surface area contributed by atoms with E-state index in [0.717, 1.165) is 37.4 Å². The van der Waals surface area contributed by atoms with Crippen LogP contribution in [0.15, 0.2) is 47.1 Å². The summed E-state index contributed by atoms with van der Waals surface area (Å²) in [5.74, 6) is 0.0666. The molecule has 2 nitrogen and oxygen atoms in total. The summed E-state index contributed by atoms with van der Waals surface area (Å²) >= 11 is 0. The lowest BCUT2D eigenvalue weighted by Gasteiger charge is -2.34. The molecule has 1 fully saturated rings. The van der Waals surface area contributed by atoms with Crippen molar-refractivity contribution in [2.75, 3.05) is 6.54 Å². The van der Waals surface area contributed by atoms with Gasteiger partial charge in [-0.2, -0.15) is 5.10 Å². The maximum Gasteiger partial charge on any atom is 0.159 e. The number of benzene rings is 1. The van der Waals surface area contributed by atoms with Crippen LogP contribution >= 0.6 is 0 Å². The summed E-state index contributed by atoms with van der Waals surface area (Å²) in [4.78, 5) is 0. The number of hydrogen-bond acceptors (Lipinski definition) is 2. The van der Waals surface area contributed by atoms with Gasteiger partial charge in [0.15, 0.2) is 11.6 Å². The molecule has 4 rings (SSSR count). The van der Waals surface area contributed by atoms with Gasteiger partial charge in [0.1, 0.15) is 0 Å². The van der Waals surface area contributed by atoms with Crippen molar-refractivity contribution >= 4 is 5.71 Å². The summed E-state index contributed by atoms with van der Waals surface area (Å²) in [5, 5.41) is 7.34. The van der Waals surface area contributed by atoms with Gasteiger partial charge in [-0.05, 0) is 67.7 Å². The van der Waals surface area contributed by atoms with Gasteiger partial charge < -0.3 is 0 Å². The first-order valence-electron chi connectivity index (χ1n) is 11.8. The molecule has 1 saturated carbocycles. The zero-order valence-corrected chi connectivity index (χ0v) is 18.3. The van der Waals surface area contributed by atoms with Crippen molar-refractivity contribution in [1.29, 1.82) is 0 Å². The van der Waals surface area contributed by atoms with Crippen molar-refractivity contribution in [1.82, 2.24) is 5.01 Å². The molecule has 0 spiro atoms. The Labute approximate surface area is 179 Å². The van der Waals surface area contributed by atoms with Crippen LogP contribution in [0.4, 0.5) is 8.78 Å². The average Bonchev–Trinajstić information content (AvgIpc) is 3.15. The van der Waals surface area contributed by atoms with E-state index in [0.29, 0.717) is 11.5 Å². The average molecular weight is 413 g/mol. The van der Waals surface area contributed by atoms with E-state index in [1.54, 1.807) is 6.07 Å². The molecule has 4 heteroatoms. The predicted molar refractivity (Wildman–Crippen MR) is 119 cm³/mol. The van der Waals surface area contributed by atoms with E-state index < -0.39 is 11.6 Å². The van der Waals surface area contributed by atoms with Gasteiger partial charge in [0.2, 0.25) is 0 Å². The standard InChI is InChI=1S/C26H34F2N2/c1-3-18-10-12-19(13-11-18)17-30-24(4-2)25(20-8-6-5-7-9-20)26(29-30)21-14-15-22(27)23(28)16-21/h6,8-9,14-16,18-19,24-25H,3-5,7,10-13,17H2,1-2H3. The highest BCUT2D eigenvalue weighted by molar-refractivity contribution is 6.05. The first-order chi connectivity index (χ1) is 14.6. The lowest BCUT2D eigenvalue weighted by Crippen LogP contribution is -2.37. The minimum Gasteiger partial charge on any atom is -0.292 e. The molecule has 30 heavy (non-hydrogen) atoms. The van der Waals surface area contributed by atoms with Crippen molar-refractivity contribution in [2.24, 2.45) is 22.9 Å². The highest BCUT2D eigenvalue weighted by Gasteiger charge is 2.39. The molecule has 2 unspecified atom stereocenters. The molecule has 162 valence electrons. The highest BCUT2D eigenvalue weighted by Crippen LogP contribution is 2.38. The third-order valence-electron chi connectivity index (χ3n) is 7.30. The summed E-state index contributed by atoms with van der Waals surface area (Å²) in [7, 11) is 0. The van der Waals surface area contributed by atoms with Gasteiger partial charge in [0.05, 0.1) is 17.7 Å². The summed E-state index contributed by atoms with van der Waals surface area (Å²) in [5.41, 5.74) is 2.86. The third-order valence-corrected chi connectivity index (χ3v) is 7.30. The van der Waals surface area contributed by atoms with Crippen molar-refractivity contribution in [3.05, 3.63) is 59.2 Å². The van der Waals surface area contributed by atoms with E-state index in [-0.39, 0.29) is 12.0 Å². The van der Waals surface area contributed by atoms with E-state index in [1.165, 1.54) is 49.8 Å². The molecule has 0 amide bonds. The number of nitrogens with zero attached hydrogens (tertiary/aromatic N) is 2. The Hall–Kier alpha value is -1.97. The van der Waals surface area contributed by atoms with Crippen molar-refractivity contribution < 1.29 is 8.78 Å². The van der Waals surface area contributed by atoms with Crippen molar-refractivity contribution in [3.63, 3.8) is 0 Å². The van der Waals surface area contributed by atoms with Crippen LogP contribution < -0.4 is 0 Å². The molecule has 1 aromatic rings. The van der Waals surface area contributed by atoms with Crippen LogP contribution in [0.2, 0.25) is 0 Å². The molecule has 0 N–H and O–H groups in total. The molecule has 0 bridgehead atoms. The zero-order chi connectivity index (χ0) is 21.1. The van der Waals surface area contributed by atoms with Crippen molar-refractivity contribution in [3.8, 4) is 0 Å². The number of hydrogen-bond donors (Lipinski definition) is 0. The van der Waals surface area contributed by atoms with Crippen LogP contribution in [-0.2, 0) is 0 Å². The first kappa shape index (κ1) is 21.3. The summed E-state index contributed by atoms with van der Waals surface area (Å²) < 4.78 is 27.6. The fraction of sp³-hybridized carbons (Fsp3) is 0.577. The second-order valence-electron chi connectivity index (χ2n) is 9.17. The van der Waals surface area contributed by atoms with Crippen LogP contribution in [0, 0.1) is 29.4 Å². The lowest BCUT2D eigenvalue weighted by molar-refractivity contribution is 0.142. The van der Waals surface area contributed by atoms with Gasteiger partial charge in [0.25, 0.3) is 0 Å². The summed E-state index contributed by atoms with van der Waals surface area (Å²) in [6, 6.07) is 4.49. The van der Waals surface area contributed by atoms with Crippen molar-refractivity contribution in [2.45, 2.75) is 71.3 Å². The largest absolute Gasteiger partial charge is 0.292 e. The fourth-order valence-electron chi connectivity index (χ4n) is 5.48. The first-order valence-corrected chi connectivity index (χ1v) is 11.8. The zero-order valence-electron chi connectivity index (χ0n) is 18.3. The van der Waals surface area contributed by atoms with Crippen LogP contribution in [0.1, 0.15) is 70.8 Å². The van der Waals surface area contributed by atoms with Gasteiger partial charge in [0, 0.05) is 12.1 Å².